The molecule has 2 saturated heterocycles. The van der Waals surface area contributed by atoms with E-state index in [9.17, 15) is 19.2 Å². The second-order valence-electron chi connectivity index (χ2n) is 5.35. The predicted octanol–water partition coefficient (Wildman–Crippen LogP) is 4.00. The van der Waals surface area contributed by atoms with Crippen molar-refractivity contribution in [2.75, 3.05) is 9.80 Å². The van der Waals surface area contributed by atoms with E-state index in [1.807, 2.05) is 0 Å². The minimum atomic E-state index is -0.593. The lowest BCUT2D eigenvalue weighted by atomic mass is 10.2. The van der Waals surface area contributed by atoms with Crippen LogP contribution < -0.4 is 9.80 Å². The first-order valence-corrected chi connectivity index (χ1v) is 9.18. The van der Waals surface area contributed by atoms with Gasteiger partial charge in [0.1, 0.15) is 9.81 Å². The zero-order chi connectivity index (χ0) is 18.3. The van der Waals surface area contributed by atoms with Gasteiger partial charge >= 0.3 is 0 Å². The number of para-hydroxylation sites is 2. The molecule has 0 aliphatic carbocycles. The molecule has 6 nitrogen and oxygen atoms in total. The van der Waals surface area contributed by atoms with Crippen LogP contribution >= 0.6 is 23.5 Å². The van der Waals surface area contributed by atoms with Crippen LogP contribution in [-0.4, -0.2) is 22.3 Å². The Kier molecular flexibility index (Phi) is 4.14. The van der Waals surface area contributed by atoms with Crippen molar-refractivity contribution in [3.63, 3.8) is 0 Å². The molecule has 128 valence electrons. The molecule has 0 N–H and O–H groups in total. The summed E-state index contributed by atoms with van der Waals surface area (Å²) in [5, 5.41) is -0.995. The minimum Gasteiger partial charge on any atom is -0.268 e. The first-order chi connectivity index (χ1) is 12.6. The van der Waals surface area contributed by atoms with Gasteiger partial charge in [-0.3, -0.25) is 19.2 Å². The standard InChI is InChI=1S/C18H10N2O4S2/c21-15-13(25-17(23)19(15)11-7-3-1-4-8-11)14-16(22)20(18(24)26-14)12-9-5-2-6-10-12/h1-10H/b14-13+. The summed E-state index contributed by atoms with van der Waals surface area (Å²) in [5.74, 6) is -1.19. The van der Waals surface area contributed by atoms with Gasteiger partial charge in [0.2, 0.25) is 0 Å². The molecule has 0 spiro atoms. The Balaban J connectivity index is 1.72. The number of carbonyl (C=O) groups is 4. The fourth-order valence-corrected chi connectivity index (χ4v) is 4.48. The molecule has 0 saturated carbocycles. The molecular weight excluding hydrogens is 372 g/mol. The summed E-state index contributed by atoms with van der Waals surface area (Å²) in [6, 6.07) is 16.9. The zero-order valence-electron chi connectivity index (χ0n) is 13.1. The van der Waals surface area contributed by atoms with Gasteiger partial charge in [0.05, 0.1) is 11.4 Å². The highest BCUT2D eigenvalue weighted by Crippen LogP contribution is 2.44. The van der Waals surface area contributed by atoms with Crippen LogP contribution in [0.3, 0.4) is 0 Å². The third-order valence-corrected chi connectivity index (χ3v) is 5.78. The lowest BCUT2D eigenvalue weighted by molar-refractivity contribution is -0.115. The van der Waals surface area contributed by atoms with Crippen LogP contribution in [0.1, 0.15) is 0 Å². The molecule has 0 radical (unpaired) electrons. The summed E-state index contributed by atoms with van der Waals surface area (Å²) in [5.41, 5.74) is 0.847. The van der Waals surface area contributed by atoms with Crippen LogP contribution in [0.2, 0.25) is 0 Å². The molecule has 26 heavy (non-hydrogen) atoms. The molecule has 0 unspecified atom stereocenters. The molecule has 2 heterocycles. The van der Waals surface area contributed by atoms with Crippen molar-refractivity contribution in [1.82, 2.24) is 0 Å². The van der Waals surface area contributed by atoms with Gasteiger partial charge in [-0.25, -0.2) is 9.80 Å². The summed E-state index contributed by atoms with van der Waals surface area (Å²) in [4.78, 5) is 52.1. The number of amides is 4. The van der Waals surface area contributed by atoms with Crippen LogP contribution in [0.15, 0.2) is 70.5 Å². The average Bonchev–Trinajstić information content (AvgIpc) is 3.11. The molecule has 2 aliphatic rings. The van der Waals surface area contributed by atoms with Crippen molar-refractivity contribution in [3.05, 3.63) is 70.5 Å². The van der Waals surface area contributed by atoms with Crippen molar-refractivity contribution in [1.29, 1.82) is 0 Å². The largest absolute Gasteiger partial charge is 0.298 e. The second-order valence-corrected chi connectivity index (χ2v) is 7.27. The number of nitrogens with zero attached hydrogens (tertiary/aromatic N) is 2. The Morgan fingerprint density at radius 3 is 1.23 bits per heavy atom. The summed E-state index contributed by atoms with van der Waals surface area (Å²) < 4.78 is 0. The lowest BCUT2D eigenvalue weighted by Crippen LogP contribution is -2.29. The van der Waals surface area contributed by atoms with Gasteiger partial charge in [0.25, 0.3) is 22.3 Å². The quantitative estimate of drug-likeness (QED) is 0.731. The molecule has 0 atom stereocenters. The van der Waals surface area contributed by atoms with Crippen LogP contribution in [-0.2, 0) is 9.59 Å². The number of thioether (sulfide) groups is 2. The number of hydrogen-bond donors (Lipinski definition) is 0. The summed E-state index contributed by atoms with van der Waals surface area (Å²) in [7, 11) is 0. The normalized spacial score (nSPS) is 20.5. The number of hydrogen-bond acceptors (Lipinski definition) is 6. The smallest absolute Gasteiger partial charge is 0.268 e. The fraction of sp³-hybridized carbons (Fsp3) is 0. The number of rotatable bonds is 2. The SMILES string of the molecule is O=C1S/C(=C2/SC(=O)N(c3ccccc3)C2=O)C(=O)N1c1ccccc1. The van der Waals surface area contributed by atoms with Crippen LogP contribution in [0.4, 0.5) is 21.0 Å². The van der Waals surface area contributed by atoms with Gasteiger partial charge in [-0.2, -0.15) is 0 Å². The zero-order valence-corrected chi connectivity index (χ0v) is 14.8. The van der Waals surface area contributed by atoms with E-state index in [-0.39, 0.29) is 9.81 Å². The molecule has 2 fully saturated rings. The van der Waals surface area contributed by atoms with E-state index in [0.717, 1.165) is 9.80 Å². The van der Waals surface area contributed by atoms with E-state index >= 15 is 0 Å². The maximum Gasteiger partial charge on any atom is 0.298 e. The number of carbonyl (C=O) groups excluding carboxylic acids is 4. The molecule has 4 rings (SSSR count). The molecular formula is C18H10N2O4S2. The molecule has 2 aromatic carbocycles. The topological polar surface area (TPSA) is 74.8 Å². The van der Waals surface area contributed by atoms with Crippen molar-refractivity contribution >= 4 is 57.2 Å². The highest BCUT2D eigenvalue weighted by Gasteiger charge is 2.45. The highest BCUT2D eigenvalue weighted by molar-refractivity contribution is 8.22. The van der Waals surface area contributed by atoms with Crippen molar-refractivity contribution < 1.29 is 19.2 Å². The Morgan fingerprint density at radius 1 is 0.538 bits per heavy atom. The van der Waals surface area contributed by atoms with E-state index in [1.54, 1.807) is 60.7 Å². The van der Waals surface area contributed by atoms with Crippen molar-refractivity contribution in [3.8, 4) is 0 Å². The maximum atomic E-state index is 12.7. The van der Waals surface area contributed by atoms with Crippen molar-refractivity contribution in [2.24, 2.45) is 0 Å². The average molecular weight is 382 g/mol. The van der Waals surface area contributed by atoms with Gasteiger partial charge in [0.15, 0.2) is 0 Å². The Morgan fingerprint density at radius 2 is 0.885 bits per heavy atom. The van der Waals surface area contributed by atoms with E-state index in [1.165, 1.54) is 0 Å². The van der Waals surface area contributed by atoms with Gasteiger partial charge in [-0.05, 0) is 47.8 Å². The maximum absolute atomic E-state index is 12.7. The number of benzene rings is 2. The van der Waals surface area contributed by atoms with E-state index in [2.05, 4.69) is 0 Å². The first kappa shape index (κ1) is 16.6. The fourth-order valence-electron chi connectivity index (χ4n) is 2.61. The van der Waals surface area contributed by atoms with E-state index in [0.29, 0.717) is 34.9 Å². The lowest BCUT2D eigenvalue weighted by Gasteiger charge is -2.12. The molecule has 0 bridgehead atoms. The third-order valence-electron chi connectivity index (χ3n) is 3.77. The Hall–Kier alpha value is -2.84. The van der Waals surface area contributed by atoms with Gasteiger partial charge in [0, 0.05) is 0 Å². The van der Waals surface area contributed by atoms with Crippen LogP contribution in [0.5, 0.6) is 0 Å². The molecule has 8 heteroatoms. The van der Waals surface area contributed by atoms with E-state index < -0.39 is 22.3 Å². The van der Waals surface area contributed by atoms with Gasteiger partial charge in [-0.1, -0.05) is 36.4 Å². The second kappa shape index (κ2) is 6.47. The number of anilines is 2. The molecule has 2 aliphatic heterocycles. The third kappa shape index (κ3) is 2.63. The molecule has 0 aromatic heterocycles. The van der Waals surface area contributed by atoms with Crippen LogP contribution in [0.25, 0.3) is 0 Å². The first-order valence-electron chi connectivity index (χ1n) is 7.55. The van der Waals surface area contributed by atoms with Crippen LogP contribution in [0, 0.1) is 0 Å². The highest BCUT2D eigenvalue weighted by atomic mass is 32.2. The monoisotopic (exact) mass is 382 g/mol. The predicted molar refractivity (Wildman–Crippen MR) is 101 cm³/mol. The molecule has 2 aromatic rings. The Labute approximate surface area is 156 Å². The van der Waals surface area contributed by atoms with Gasteiger partial charge < -0.3 is 0 Å². The van der Waals surface area contributed by atoms with Gasteiger partial charge in [-0.15, -0.1) is 0 Å². The summed E-state index contributed by atoms with van der Waals surface area (Å²) in [6.07, 6.45) is 0. The summed E-state index contributed by atoms with van der Waals surface area (Å²) in [6.45, 7) is 0. The minimum absolute atomic E-state index is 0.0133. The Bertz CT molecular complexity index is 894. The summed E-state index contributed by atoms with van der Waals surface area (Å²) >= 11 is 1.35. The van der Waals surface area contributed by atoms with Crippen molar-refractivity contribution in [2.45, 2.75) is 0 Å². The molecule has 4 amide bonds. The number of imide groups is 2. The van der Waals surface area contributed by atoms with E-state index in [4.69, 9.17) is 0 Å².